The summed E-state index contributed by atoms with van der Waals surface area (Å²) in [6.07, 6.45) is 0. The molecule has 22 heavy (non-hydrogen) atoms. The van der Waals surface area contributed by atoms with Gasteiger partial charge in [-0.2, -0.15) is 0 Å². The number of halogens is 1. The molecular formula is C14H11FN4OS2. The molecular weight excluding hydrogens is 323 g/mol. The SMILES string of the molecule is Cc1nc2c(SCC(N)=O)nnc(-c3ccc(F)cc3)c2s1. The Balaban J connectivity index is 2.11. The Morgan fingerprint density at radius 3 is 2.73 bits per heavy atom. The van der Waals surface area contributed by atoms with Gasteiger partial charge in [0.15, 0.2) is 0 Å². The minimum Gasteiger partial charge on any atom is -0.369 e. The zero-order valence-electron chi connectivity index (χ0n) is 11.5. The highest BCUT2D eigenvalue weighted by atomic mass is 32.2. The molecule has 2 heterocycles. The summed E-state index contributed by atoms with van der Waals surface area (Å²) in [6.45, 7) is 1.89. The van der Waals surface area contributed by atoms with E-state index in [1.54, 1.807) is 12.1 Å². The van der Waals surface area contributed by atoms with Crippen LogP contribution in [0.5, 0.6) is 0 Å². The Labute approximate surface area is 133 Å². The maximum atomic E-state index is 13.1. The molecule has 2 N–H and O–H groups in total. The molecule has 3 aromatic rings. The lowest BCUT2D eigenvalue weighted by atomic mass is 10.1. The van der Waals surface area contributed by atoms with E-state index in [1.165, 1.54) is 35.2 Å². The molecule has 0 radical (unpaired) electrons. The molecule has 112 valence electrons. The van der Waals surface area contributed by atoms with Gasteiger partial charge < -0.3 is 5.73 Å². The van der Waals surface area contributed by atoms with Gasteiger partial charge in [-0.3, -0.25) is 4.79 Å². The van der Waals surface area contributed by atoms with E-state index < -0.39 is 5.91 Å². The molecule has 8 heteroatoms. The standard InChI is InChI=1S/C14H11FN4OS2/c1-7-17-12-13(22-7)11(8-2-4-9(15)5-3-8)18-19-14(12)21-6-10(16)20/h2-5H,6H2,1H3,(H2,16,20). The second-order valence-electron chi connectivity index (χ2n) is 4.53. The van der Waals surface area contributed by atoms with E-state index in [0.29, 0.717) is 16.2 Å². The van der Waals surface area contributed by atoms with Crippen LogP contribution in [0.15, 0.2) is 29.3 Å². The number of rotatable bonds is 4. The van der Waals surface area contributed by atoms with E-state index in [-0.39, 0.29) is 11.6 Å². The number of thioether (sulfide) groups is 1. The van der Waals surface area contributed by atoms with Crippen LogP contribution >= 0.6 is 23.1 Å². The van der Waals surface area contributed by atoms with E-state index in [0.717, 1.165) is 15.3 Å². The second-order valence-corrected chi connectivity index (χ2v) is 6.69. The first-order valence-electron chi connectivity index (χ1n) is 6.35. The summed E-state index contributed by atoms with van der Waals surface area (Å²) in [5, 5.41) is 9.81. The quantitative estimate of drug-likeness (QED) is 0.742. The predicted octanol–water partition coefficient (Wildman–Crippen LogP) is 2.78. The van der Waals surface area contributed by atoms with Gasteiger partial charge in [0.1, 0.15) is 22.1 Å². The monoisotopic (exact) mass is 334 g/mol. The summed E-state index contributed by atoms with van der Waals surface area (Å²) in [7, 11) is 0. The van der Waals surface area contributed by atoms with Crippen molar-refractivity contribution in [3.8, 4) is 11.3 Å². The van der Waals surface area contributed by atoms with Gasteiger partial charge in [0.2, 0.25) is 5.91 Å². The number of amides is 1. The molecule has 1 aromatic carbocycles. The van der Waals surface area contributed by atoms with Crippen LogP contribution in [-0.2, 0) is 4.79 Å². The maximum absolute atomic E-state index is 13.1. The number of thiazole rings is 1. The average molecular weight is 334 g/mol. The van der Waals surface area contributed by atoms with Crippen LogP contribution in [0.4, 0.5) is 4.39 Å². The van der Waals surface area contributed by atoms with E-state index in [4.69, 9.17) is 5.73 Å². The van der Waals surface area contributed by atoms with E-state index in [9.17, 15) is 9.18 Å². The number of aromatic nitrogens is 3. The minimum absolute atomic E-state index is 0.121. The number of nitrogens with zero attached hydrogens (tertiary/aromatic N) is 3. The van der Waals surface area contributed by atoms with Gasteiger partial charge in [-0.15, -0.1) is 21.5 Å². The first kappa shape index (κ1) is 14.9. The number of carbonyl (C=O) groups is 1. The lowest BCUT2D eigenvalue weighted by Crippen LogP contribution is -2.13. The highest BCUT2D eigenvalue weighted by molar-refractivity contribution is 8.00. The van der Waals surface area contributed by atoms with Crippen LogP contribution in [0.1, 0.15) is 5.01 Å². The maximum Gasteiger partial charge on any atom is 0.227 e. The molecule has 1 amide bonds. The lowest BCUT2D eigenvalue weighted by molar-refractivity contribution is -0.115. The topological polar surface area (TPSA) is 81.8 Å². The first-order valence-corrected chi connectivity index (χ1v) is 8.15. The molecule has 0 aliphatic rings. The van der Waals surface area contributed by atoms with Gasteiger partial charge in [0.25, 0.3) is 0 Å². The number of fused-ring (bicyclic) bond motifs is 1. The fraction of sp³-hybridized carbons (Fsp3) is 0.143. The molecule has 0 fully saturated rings. The van der Waals surface area contributed by atoms with Crippen LogP contribution < -0.4 is 5.73 Å². The molecule has 0 atom stereocenters. The third kappa shape index (κ3) is 2.93. The van der Waals surface area contributed by atoms with Crippen molar-refractivity contribution in [3.05, 3.63) is 35.1 Å². The fourth-order valence-corrected chi connectivity index (χ4v) is 3.61. The van der Waals surface area contributed by atoms with Gasteiger partial charge in [0, 0.05) is 5.56 Å². The van der Waals surface area contributed by atoms with Gasteiger partial charge in [-0.1, -0.05) is 11.8 Å². The van der Waals surface area contributed by atoms with Crippen molar-refractivity contribution in [2.45, 2.75) is 11.9 Å². The zero-order chi connectivity index (χ0) is 15.7. The van der Waals surface area contributed by atoms with Crippen LogP contribution in [0.25, 0.3) is 21.5 Å². The molecule has 0 bridgehead atoms. The lowest BCUT2D eigenvalue weighted by Gasteiger charge is -2.04. The van der Waals surface area contributed by atoms with E-state index in [2.05, 4.69) is 15.2 Å². The van der Waals surface area contributed by atoms with Gasteiger partial charge in [0.05, 0.1) is 15.5 Å². The predicted molar refractivity (Wildman–Crippen MR) is 85.3 cm³/mol. The smallest absolute Gasteiger partial charge is 0.227 e. The number of benzene rings is 1. The van der Waals surface area contributed by atoms with E-state index >= 15 is 0 Å². The highest BCUT2D eigenvalue weighted by Crippen LogP contribution is 2.35. The number of primary amides is 1. The Kier molecular flexibility index (Phi) is 4.04. The number of nitrogens with two attached hydrogens (primary N) is 1. The van der Waals surface area contributed by atoms with Gasteiger partial charge in [-0.05, 0) is 31.2 Å². The number of hydrogen-bond acceptors (Lipinski definition) is 6. The second kappa shape index (κ2) is 5.98. The molecule has 5 nitrogen and oxygen atoms in total. The third-order valence-electron chi connectivity index (χ3n) is 2.86. The Bertz CT molecular complexity index is 848. The van der Waals surface area contributed by atoms with Crippen LogP contribution in [0.2, 0.25) is 0 Å². The number of aryl methyl sites for hydroxylation is 1. The number of carbonyl (C=O) groups excluding carboxylic acids is 1. The summed E-state index contributed by atoms with van der Waals surface area (Å²) in [4.78, 5) is 15.4. The first-order chi connectivity index (χ1) is 10.5. The summed E-state index contributed by atoms with van der Waals surface area (Å²) >= 11 is 2.70. The molecule has 2 aromatic heterocycles. The zero-order valence-corrected chi connectivity index (χ0v) is 13.2. The van der Waals surface area contributed by atoms with Crippen molar-refractivity contribution in [1.82, 2.24) is 15.2 Å². The normalized spacial score (nSPS) is 11.0. The molecule has 0 aliphatic carbocycles. The van der Waals surface area contributed by atoms with Crippen molar-refractivity contribution >= 4 is 39.2 Å². The van der Waals surface area contributed by atoms with E-state index in [1.807, 2.05) is 6.92 Å². The third-order valence-corrected chi connectivity index (χ3v) is 4.82. The molecule has 3 rings (SSSR count). The van der Waals surface area contributed by atoms with Gasteiger partial charge >= 0.3 is 0 Å². The van der Waals surface area contributed by atoms with Crippen LogP contribution in [0, 0.1) is 12.7 Å². The van der Waals surface area contributed by atoms with Crippen molar-refractivity contribution in [1.29, 1.82) is 0 Å². The van der Waals surface area contributed by atoms with Crippen molar-refractivity contribution in [2.24, 2.45) is 5.73 Å². The number of hydrogen-bond donors (Lipinski definition) is 1. The van der Waals surface area contributed by atoms with Crippen LogP contribution in [0.3, 0.4) is 0 Å². The summed E-state index contributed by atoms with van der Waals surface area (Å²) in [5.74, 6) is -0.604. The molecule has 0 aliphatic heterocycles. The molecule has 0 saturated carbocycles. The Morgan fingerprint density at radius 2 is 2.05 bits per heavy atom. The average Bonchev–Trinajstić information content (AvgIpc) is 2.87. The summed E-state index contributed by atoms with van der Waals surface area (Å²) < 4.78 is 13.9. The molecule has 0 spiro atoms. The Morgan fingerprint density at radius 1 is 1.32 bits per heavy atom. The molecule has 0 saturated heterocycles. The molecule has 0 unspecified atom stereocenters. The van der Waals surface area contributed by atoms with Crippen molar-refractivity contribution in [2.75, 3.05) is 5.75 Å². The summed E-state index contributed by atoms with van der Waals surface area (Å²) in [6, 6.07) is 6.08. The minimum atomic E-state index is -0.422. The fourth-order valence-electron chi connectivity index (χ4n) is 1.95. The summed E-state index contributed by atoms with van der Waals surface area (Å²) in [5.41, 5.74) is 7.29. The highest BCUT2D eigenvalue weighted by Gasteiger charge is 2.16. The largest absolute Gasteiger partial charge is 0.369 e. The van der Waals surface area contributed by atoms with Crippen molar-refractivity contribution < 1.29 is 9.18 Å². The van der Waals surface area contributed by atoms with Gasteiger partial charge in [-0.25, -0.2) is 9.37 Å². The van der Waals surface area contributed by atoms with Crippen molar-refractivity contribution in [3.63, 3.8) is 0 Å². The van der Waals surface area contributed by atoms with Crippen LogP contribution in [-0.4, -0.2) is 26.8 Å². The Hall–Kier alpha value is -2.06.